The standard InChI is InChI=1S/C29H25ClF2N8/c1-16(33)24-13-26-34-3-5-39(26)37-28(24)19-7-18(8-22(31)10-19)15-36-17(2)25-14-27-35-4-6-40(27)38-29(25)20-9-21(30)12-23(32)11-20/h3-14,16-17,36H,15,33H2,1-2H3/t16-,17-/m0/s1. The summed E-state index contributed by atoms with van der Waals surface area (Å²) in [5, 5.41) is 13.1. The lowest BCUT2D eigenvalue weighted by molar-refractivity contribution is 0.567. The van der Waals surface area contributed by atoms with Gasteiger partial charge >= 0.3 is 0 Å². The van der Waals surface area contributed by atoms with Gasteiger partial charge in [0.05, 0.1) is 11.4 Å². The van der Waals surface area contributed by atoms with Crippen molar-refractivity contribution in [2.45, 2.75) is 32.5 Å². The molecule has 0 aliphatic rings. The van der Waals surface area contributed by atoms with E-state index in [0.717, 1.165) is 16.7 Å². The Bertz CT molecular complexity index is 1840. The smallest absolute Gasteiger partial charge is 0.153 e. The lowest BCUT2D eigenvalue weighted by atomic mass is 9.99. The zero-order valence-corrected chi connectivity index (χ0v) is 22.4. The minimum atomic E-state index is -0.456. The van der Waals surface area contributed by atoms with Gasteiger partial charge in [-0.15, -0.1) is 0 Å². The number of rotatable bonds is 7. The number of hydrogen-bond donors (Lipinski definition) is 2. The molecule has 0 aliphatic heterocycles. The number of aromatic nitrogens is 6. The second-order valence-electron chi connectivity index (χ2n) is 9.75. The number of halogens is 3. The molecule has 8 nitrogen and oxygen atoms in total. The second-order valence-corrected chi connectivity index (χ2v) is 10.2. The first-order valence-electron chi connectivity index (χ1n) is 12.7. The molecule has 0 radical (unpaired) electrons. The molecular weight excluding hydrogens is 534 g/mol. The Morgan fingerprint density at radius 2 is 1.38 bits per heavy atom. The molecule has 6 rings (SSSR count). The Hall–Kier alpha value is -4.25. The molecule has 40 heavy (non-hydrogen) atoms. The number of benzene rings is 2. The Labute approximate surface area is 233 Å². The van der Waals surface area contributed by atoms with Gasteiger partial charge in [-0.3, -0.25) is 0 Å². The van der Waals surface area contributed by atoms with Crippen molar-refractivity contribution in [3.63, 3.8) is 0 Å². The van der Waals surface area contributed by atoms with E-state index in [-0.39, 0.29) is 22.9 Å². The minimum absolute atomic E-state index is 0.252. The summed E-state index contributed by atoms with van der Waals surface area (Å²) in [6, 6.07) is 12.3. The van der Waals surface area contributed by atoms with E-state index in [4.69, 9.17) is 17.3 Å². The van der Waals surface area contributed by atoms with Crippen LogP contribution < -0.4 is 11.1 Å². The molecule has 3 N–H and O–H groups in total. The number of hydrogen-bond acceptors (Lipinski definition) is 6. The van der Waals surface area contributed by atoms with Gasteiger partial charge in [0.25, 0.3) is 0 Å². The Morgan fingerprint density at radius 1 is 0.800 bits per heavy atom. The molecule has 202 valence electrons. The van der Waals surface area contributed by atoms with Gasteiger partial charge < -0.3 is 11.1 Å². The highest BCUT2D eigenvalue weighted by Gasteiger charge is 2.19. The van der Waals surface area contributed by atoms with Crippen molar-refractivity contribution >= 4 is 22.9 Å². The second kappa shape index (κ2) is 10.4. The minimum Gasteiger partial charge on any atom is -0.324 e. The van der Waals surface area contributed by atoms with Crippen molar-refractivity contribution in [3.8, 4) is 22.5 Å². The fourth-order valence-electron chi connectivity index (χ4n) is 4.83. The van der Waals surface area contributed by atoms with Gasteiger partial charge in [0.2, 0.25) is 0 Å². The van der Waals surface area contributed by atoms with E-state index in [1.54, 1.807) is 39.9 Å². The summed E-state index contributed by atoms with van der Waals surface area (Å²) in [6.45, 7) is 4.16. The fraction of sp³-hybridized carbons (Fsp3) is 0.172. The van der Waals surface area contributed by atoms with E-state index in [2.05, 4.69) is 25.5 Å². The van der Waals surface area contributed by atoms with Crippen molar-refractivity contribution in [3.05, 3.63) is 107 Å². The highest BCUT2D eigenvalue weighted by Crippen LogP contribution is 2.31. The molecule has 0 unspecified atom stereocenters. The summed E-state index contributed by atoms with van der Waals surface area (Å²) >= 11 is 6.15. The van der Waals surface area contributed by atoms with Crippen LogP contribution in [0.3, 0.4) is 0 Å². The zero-order chi connectivity index (χ0) is 28.0. The van der Waals surface area contributed by atoms with E-state index in [0.29, 0.717) is 40.4 Å². The number of imidazole rings is 2. The van der Waals surface area contributed by atoms with E-state index in [1.165, 1.54) is 24.3 Å². The molecule has 0 saturated carbocycles. The molecule has 6 aromatic rings. The first kappa shape index (κ1) is 26.0. The number of nitrogens with one attached hydrogen (secondary N) is 1. The van der Waals surface area contributed by atoms with Crippen LogP contribution in [0.25, 0.3) is 33.8 Å². The number of nitrogens with two attached hydrogens (primary N) is 1. The maximum Gasteiger partial charge on any atom is 0.153 e. The Morgan fingerprint density at radius 3 is 2.00 bits per heavy atom. The van der Waals surface area contributed by atoms with E-state index in [1.807, 2.05) is 32.0 Å². The number of fused-ring (bicyclic) bond motifs is 2. The van der Waals surface area contributed by atoms with Gasteiger partial charge in [0.1, 0.15) is 11.6 Å². The highest BCUT2D eigenvalue weighted by atomic mass is 35.5. The summed E-state index contributed by atoms with van der Waals surface area (Å²) in [4.78, 5) is 8.63. The third-order valence-electron chi connectivity index (χ3n) is 6.77. The lowest BCUT2D eigenvalue weighted by Crippen LogP contribution is -2.20. The van der Waals surface area contributed by atoms with Crippen LogP contribution in [0.4, 0.5) is 8.78 Å². The predicted octanol–water partition coefficient (Wildman–Crippen LogP) is 5.91. The fourth-order valence-corrected chi connectivity index (χ4v) is 5.05. The maximum atomic E-state index is 14.9. The lowest BCUT2D eigenvalue weighted by Gasteiger charge is -2.19. The third kappa shape index (κ3) is 5.04. The molecule has 2 aromatic carbocycles. The summed E-state index contributed by atoms with van der Waals surface area (Å²) in [6.07, 6.45) is 6.76. The molecule has 2 atom stereocenters. The van der Waals surface area contributed by atoms with Gasteiger partial charge in [-0.05, 0) is 67.9 Å². The van der Waals surface area contributed by atoms with Crippen molar-refractivity contribution < 1.29 is 8.78 Å². The average Bonchev–Trinajstić information content (AvgIpc) is 3.58. The normalized spacial score (nSPS) is 13.2. The molecule has 0 fully saturated rings. The first-order chi connectivity index (χ1) is 19.2. The van der Waals surface area contributed by atoms with Gasteiger partial charge in [0, 0.05) is 70.7 Å². The van der Waals surface area contributed by atoms with Crippen LogP contribution in [0.5, 0.6) is 0 Å². The first-order valence-corrected chi connectivity index (χ1v) is 13.1. The van der Waals surface area contributed by atoms with Crippen LogP contribution >= 0.6 is 11.6 Å². The quantitative estimate of drug-likeness (QED) is 0.253. The summed E-state index contributed by atoms with van der Waals surface area (Å²) < 4.78 is 32.4. The molecule has 4 heterocycles. The zero-order valence-electron chi connectivity index (χ0n) is 21.7. The van der Waals surface area contributed by atoms with Crippen molar-refractivity contribution in [2.75, 3.05) is 0 Å². The van der Waals surface area contributed by atoms with Crippen LogP contribution in [0.1, 0.15) is 42.6 Å². The van der Waals surface area contributed by atoms with Crippen LogP contribution in [0, 0.1) is 11.6 Å². The van der Waals surface area contributed by atoms with Gasteiger partial charge in [-0.2, -0.15) is 10.2 Å². The molecular formula is C29H25ClF2N8. The average molecular weight is 559 g/mol. The topological polar surface area (TPSA) is 98.4 Å². The Kier molecular flexibility index (Phi) is 6.75. The van der Waals surface area contributed by atoms with Gasteiger partial charge in [0.15, 0.2) is 11.3 Å². The van der Waals surface area contributed by atoms with Crippen LogP contribution in [-0.2, 0) is 6.54 Å². The summed E-state index contributed by atoms with van der Waals surface area (Å²) in [5.74, 6) is -0.844. The monoisotopic (exact) mass is 558 g/mol. The third-order valence-corrected chi connectivity index (χ3v) is 6.99. The van der Waals surface area contributed by atoms with E-state index >= 15 is 0 Å². The molecule has 0 aliphatic carbocycles. The van der Waals surface area contributed by atoms with Crippen LogP contribution in [-0.4, -0.2) is 29.2 Å². The van der Waals surface area contributed by atoms with Gasteiger partial charge in [-0.1, -0.05) is 11.6 Å². The maximum absolute atomic E-state index is 14.9. The predicted molar refractivity (Wildman–Crippen MR) is 150 cm³/mol. The largest absolute Gasteiger partial charge is 0.324 e. The van der Waals surface area contributed by atoms with Crippen LogP contribution in [0.15, 0.2) is 73.3 Å². The summed E-state index contributed by atoms with van der Waals surface area (Å²) in [7, 11) is 0. The van der Waals surface area contributed by atoms with Crippen molar-refractivity contribution in [2.24, 2.45) is 5.73 Å². The Balaban J connectivity index is 1.33. The van der Waals surface area contributed by atoms with E-state index < -0.39 is 5.82 Å². The molecule has 0 spiro atoms. The molecule has 11 heteroatoms. The van der Waals surface area contributed by atoms with Crippen molar-refractivity contribution in [1.29, 1.82) is 0 Å². The summed E-state index contributed by atoms with van der Waals surface area (Å²) in [5.41, 5.74) is 12.1. The molecule has 0 bridgehead atoms. The van der Waals surface area contributed by atoms with Crippen molar-refractivity contribution in [1.82, 2.24) is 34.5 Å². The van der Waals surface area contributed by atoms with Crippen LogP contribution in [0.2, 0.25) is 5.02 Å². The molecule has 0 saturated heterocycles. The highest BCUT2D eigenvalue weighted by molar-refractivity contribution is 6.30. The number of nitrogens with zero attached hydrogens (tertiary/aromatic N) is 6. The molecule has 0 amide bonds. The molecule has 4 aromatic heterocycles. The van der Waals surface area contributed by atoms with Gasteiger partial charge in [-0.25, -0.2) is 27.8 Å². The van der Waals surface area contributed by atoms with E-state index in [9.17, 15) is 8.78 Å². The SMILES string of the molecule is C[C@H](N)c1cc2nccn2nc1-c1cc(F)cc(CN[C@@H](C)c2cc3nccn3nc2-c2cc(F)cc(Cl)c2)c1.